The van der Waals surface area contributed by atoms with E-state index in [0.29, 0.717) is 12.0 Å². The summed E-state index contributed by atoms with van der Waals surface area (Å²) < 4.78 is 0. The van der Waals surface area contributed by atoms with Crippen molar-refractivity contribution in [3.8, 4) is 0 Å². The normalized spacial score (nSPS) is 10.8. The summed E-state index contributed by atoms with van der Waals surface area (Å²) in [5.74, 6) is 1.57. The van der Waals surface area contributed by atoms with Gasteiger partial charge in [0.25, 0.3) is 0 Å². The van der Waals surface area contributed by atoms with Crippen molar-refractivity contribution in [1.29, 1.82) is 0 Å². The third-order valence-electron chi connectivity index (χ3n) is 4.35. The van der Waals surface area contributed by atoms with Gasteiger partial charge in [-0.2, -0.15) is 4.98 Å². The number of hydrogen-bond acceptors (Lipinski definition) is 4. The maximum Gasteiger partial charge on any atom is 0.229 e. The minimum Gasteiger partial charge on any atom is -0.350 e. The van der Waals surface area contributed by atoms with Crippen LogP contribution in [0.15, 0.2) is 60.7 Å². The van der Waals surface area contributed by atoms with Gasteiger partial charge in [-0.1, -0.05) is 48.5 Å². The van der Waals surface area contributed by atoms with E-state index in [2.05, 4.69) is 66.3 Å². The number of benzene rings is 2. The molecule has 1 aromatic heterocycles. The van der Waals surface area contributed by atoms with Crippen LogP contribution in [0.3, 0.4) is 0 Å². The highest BCUT2D eigenvalue weighted by Gasteiger charge is 2.15. The molecule has 4 heteroatoms. The van der Waals surface area contributed by atoms with E-state index >= 15 is 0 Å². The van der Waals surface area contributed by atoms with Crippen LogP contribution in [0, 0.1) is 13.8 Å². The van der Waals surface area contributed by atoms with Gasteiger partial charge in [0.2, 0.25) is 5.95 Å². The van der Waals surface area contributed by atoms with Crippen LogP contribution in [0.4, 0.5) is 17.5 Å². The van der Waals surface area contributed by atoms with Crippen molar-refractivity contribution < 1.29 is 0 Å². The number of anilines is 3. The monoisotopic (exact) mass is 346 g/mol. The third-order valence-corrected chi connectivity index (χ3v) is 4.35. The summed E-state index contributed by atoms with van der Waals surface area (Å²) in [6.07, 6.45) is 0. The summed E-state index contributed by atoms with van der Waals surface area (Å²) in [7, 11) is 0. The fourth-order valence-electron chi connectivity index (χ4n) is 2.90. The number of hydrogen-bond donors (Lipinski definition) is 1. The van der Waals surface area contributed by atoms with E-state index in [1.165, 1.54) is 11.1 Å². The standard InChI is InChI=1S/C22H26N4/c1-16(2)26(15-19-11-6-5-7-12-19)21-14-18(4)23-22(25-21)24-20-13-9-8-10-17(20)3/h5-14,16H,15H2,1-4H3,(H,23,24,25). The summed E-state index contributed by atoms with van der Waals surface area (Å²) in [5, 5.41) is 3.36. The Morgan fingerprint density at radius 2 is 1.62 bits per heavy atom. The molecule has 0 saturated carbocycles. The second-order valence-corrected chi connectivity index (χ2v) is 6.84. The molecule has 134 valence electrons. The Kier molecular flexibility index (Phi) is 5.52. The fraction of sp³-hybridized carbons (Fsp3) is 0.273. The first-order valence-corrected chi connectivity index (χ1v) is 9.02. The highest BCUT2D eigenvalue weighted by atomic mass is 15.2. The molecule has 0 amide bonds. The van der Waals surface area contributed by atoms with E-state index in [1.807, 2.05) is 37.3 Å². The average Bonchev–Trinajstić information content (AvgIpc) is 2.62. The van der Waals surface area contributed by atoms with Gasteiger partial charge < -0.3 is 10.2 Å². The Hall–Kier alpha value is -2.88. The molecule has 3 rings (SSSR count). The van der Waals surface area contributed by atoms with Crippen LogP contribution in [0.1, 0.15) is 30.7 Å². The van der Waals surface area contributed by atoms with Crippen molar-refractivity contribution in [2.45, 2.75) is 40.3 Å². The topological polar surface area (TPSA) is 41.1 Å². The highest BCUT2D eigenvalue weighted by molar-refractivity contribution is 5.59. The van der Waals surface area contributed by atoms with E-state index in [0.717, 1.165) is 23.7 Å². The molecular weight excluding hydrogens is 320 g/mol. The van der Waals surface area contributed by atoms with Gasteiger partial charge in [0.1, 0.15) is 5.82 Å². The van der Waals surface area contributed by atoms with Gasteiger partial charge in [0, 0.05) is 30.0 Å². The Morgan fingerprint density at radius 3 is 2.31 bits per heavy atom. The molecule has 3 aromatic rings. The smallest absolute Gasteiger partial charge is 0.229 e. The fourth-order valence-corrected chi connectivity index (χ4v) is 2.90. The largest absolute Gasteiger partial charge is 0.350 e. The van der Waals surface area contributed by atoms with E-state index in [-0.39, 0.29) is 0 Å². The number of aryl methyl sites for hydroxylation is 2. The van der Waals surface area contributed by atoms with Gasteiger partial charge in [-0.25, -0.2) is 4.98 Å². The molecule has 0 spiro atoms. The number of nitrogens with one attached hydrogen (secondary N) is 1. The van der Waals surface area contributed by atoms with Crippen LogP contribution in [-0.2, 0) is 6.54 Å². The SMILES string of the molecule is Cc1cc(N(Cc2ccccc2)C(C)C)nc(Nc2ccccc2C)n1. The average molecular weight is 346 g/mol. The molecule has 2 aromatic carbocycles. The minimum atomic E-state index is 0.329. The molecule has 0 bridgehead atoms. The number of aromatic nitrogens is 2. The van der Waals surface area contributed by atoms with Crippen LogP contribution in [0.5, 0.6) is 0 Å². The maximum atomic E-state index is 4.79. The molecule has 26 heavy (non-hydrogen) atoms. The first-order chi connectivity index (χ1) is 12.5. The first-order valence-electron chi connectivity index (χ1n) is 9.02. The lowest BCUT2D eigenvalue weighted by Crippen LogP contribution is -2.31. The molecule has 1 heterocycles. The van der Waals surface area contributed by atoms with Crippen molar-refractivity contribution >= 4 is 17.5 Å². The summed E-state index contributed by atoms with van der Waals surface area (Å²) in [4.78, 5) is 11.7. The lowest BCUT2D eigenvalue weighted by Gasteiger charge is -2.28. The van der Waals surface area contributed by atoms with Gasteiger partial charge in [0.05, 0.1) is 0 Å². The molecule has 0 fully saturated rings. The Labute approximate surface area is 155 Å². The molecule has 0 saturated heterocycles. The minimum absolute atomic E-state index is 0.329. The molecule has 1 N–H and O–H groups in total. The van der Waals surface area contributed by atoms with Crippen LogP contribution in [-0.4, -0.2) is 16.0 Å². The molecule has 0 aliphatic heterocycles. The summed E-state index contributed by atoms with van der Waals surface area (Å²) in [6, 6.07) is 21.0. The maximum absolute atomic E-state index is 4.79. The zero-order valence-corrected chi connectivity index (χ0v) is 15.9. The predicted molar refractivity (Wildman–Crippen MR) is 109 cm³/mol. The lowest BCUT2D eigenvalue weighted by molar-refractivity contribution is 0.671. The van der Waals surface area contributed by atoms with Crippen LogP contribution < -0.4 is 10.2 Å². The molecule has 0 unspecified atom stereocenters. The van der Waals surface area contributed by atoms with Gasteiger partial charge in [-0.3, -0.25) is 0 Å². The van der Waals surface area contributed by atoms with E-state index in [1.54, 1.807) is 0 Å². The Balaban J connectivity index is 1.90. The van der Waals surface area contributed by atoms with Crippen molar-refractivity contribution in [2.75, 3.05) is 10.2 Å². The Bertz CT molecular complexity index is 859. The van der Waals surface area contributed by atoms with Crippen LogP contribution >= 0.6 is 0 Å². The summed E-state index contributed by atoms with van der Waals surface area (Å²) in [6.45, 7) is 9.28. The first kappa shape index (κ1) is 17.9. The number of para-hydroxylation sites is 1. The second kappa shape index (κ2) is 8.00. The highest BCUT2D eigenvalue weighted by Crippen LogP contribution is 2.23. The van der Waals surface area contributed by atoms with Crippen molar-refractivity contribution in [3.63, 3.8) is 0 Å². The second-order valence-electron chi connectivity index (χ2n) is 6.84. The molecule has 4 nitrogen and oxygen atoms in total. The van der Waals surface area contributed by atoms with Gasteiger partial charge in [-0.15, -0.1) is 0 Å². The molecule has 0 aliphatic carbocycles. The molecular formula is C22H26N4. The predicted octanol–water partition coefficient (Wildman–Crippen LogP) is 5.25. The van der Waals surface area contributed by atoms with Crippen molar-refractivity contribution in [3.05, 3.63) is 77.5 Å². The summed E-state index contributed by atoms with van der Waals surface area (Å²) >= 11 is 0. The van der Waals surface area contributed by atoms with Crippen molar-refractivity contribution in [2.24, 2.45) is 0 Å². The summed E-state index contributed by atoms with van der Waals surface area (Å²) in [5.41, 5.74) is 4.42. The lowest BCUT2D eigenvalue weighted by atomic mass is 10.2. The Morgan fingerprint density at radius 1 is 0.923 bits per heavy atom. The molecule has 0 atom stereocenters. The van der Waals surface area contributed by atoms with Gasteiger partial charge in [0.15, 0.2) is 0 Å². The molecule has 0 aliphatic rings. The quantitative estimate of drug-likeness (QED) is 0.661. The van der Waals surface area contributed by atoms with E-state index in [4.69, 9.17) is 4.98 Å². The van der Waals surface area contributed by atoms with Crippen LogP contribution in [0.25, 0.3) is 0 Å². The third kappa shape index (κ3) is 4.39. The number of rotatable bonds is 6. The van der Waals surface area contributed by atoms with E-state index in [9.17, 15) is 0 Å². The van der Waals surface area contributed by atoms with Crippen LogP contribution in [0.2, 0.25) is 0 Å². The van der Waals surface area contributed by atoms with Crippen molar-refractivity contribution in [1.82, 2.24) is 9.97 Å². The zero-order valence-electron chi connectivity index (χ0n) is 15.9. The van der Waals surface area contributed by atoms with Gasteiger partial charge >= 0.3 is 0 Å². The number of nitrogens with zero attached hydrogens (tertiary/aromatic N) is 3. The zero-order chi connectivity index (χ0) is 18.5. The van der Waals surface area contributed by atoms with Gasteiger partial charge in [-0.05, 0) is 44.9 Å². The van der Waals surface area contributed by atoms with E-state index < -0.39 is 0 Å². The molecule has 0 radical (unpaired) electrons.